The Kier molecular flexibility index (Phi) is 10.1. The van der Waals surface area contributed by atoms with Crippen LogP contribution in [0.15, 0.2) is 4.99 Å². The molecule has 2 atom stereocenters. The topological polar surface area (TPSA) is 137 Å². The minimum absolute atomic E-state index is 0.0233. The fourth-order valence-corrected chi connectivity index (χ4v) is 2.39. The quantitative estimate of drug-likeness (QED) is 0.128. The molecule has 0 heterocycles. The van der Waals surface area contributed by atoms with Crippen molar-refractivity contribution in [1.82, 2.24) is 5.32 Å². The fourth-order valence-electron chi connectivity index (χ4n) is 1.36. The number of rotatable bonds is 10. The number of aldehydes is 1. The number of aliphatic imine (C=N–C) groups is 1. The molecule has 0 aliphatic carbocycles. The molecule has 0 aliphatic heterocycles. The molecule has 0 bridgehead atoms. The summed E-state index contributed by atoms with van der Waals surface area (Å²) in [6.45, 7) is 0.437. The van der Waals surface area contributed by atoms with Crippen molar-refractivity contribution in [3.63, 3.8) is 0 Å². The zero-order valence-electron chi connectivity index (χ0n) is 11.2. The number of nitrogens with one attached hydrogen (secondary N) is 1. The second-order valence-corrected chi connectivity index (χ2v) is 6.16. The number of carbonyl (C=O) groups excluding carboxylic acids is 2. The molecule has 7 nitrogen and oxygen atoms in total. The summed E-state index contributed by atoms with van der Waals surface area (Å²) in [5.74, 6) is 1.84. The number of hydrogen-bond donors (Lipinski definition) is 4. The van der Waals surface area contributed by atoms with E-state index in [0.717, 1.165) is 5.32 Å². The molecule has 0 aromatic heterocycles. The van der Waals surface area contributed by atoms with Crippen LogP contribution >= 0.6 is 0 Å². The van der Waals surface area contributed by atoms with E-state index in [0.29, 0.717) is 47.1 Å². The van der Waals surface area contributed by atoms with E-state index in [4.69, 9.17) is 17.2 Å². The number of amides is 1. The summed E-state index contributed by atoms with van der Waals surface area (Å²) >= 11 is 0.502. The van der Waals surface area contributed by atoms with Crippen LogP contribution in [0, 0.1) is 0 Å². The van der Waals surface area contributed by atoms with E-state index in [1.807, 2.05) is 0 Å². The Hall–Kier alpha value is -1.11. The van der Waals surface area contributed by atoms with E-state index < -0.39 is 12.1 Å². The summed E-state index contributed by atoms with van der Waals surface area (Å²) in [5, 5.41) is 3.58. The summed E-state index contributed by atoms with van der Waals surface area (Å²) in [5.41, 5.74) is 16.1. The second-order valence-electron chi connectivity index (χ2n) is 4.09. The van der Waals surface area contributed by atoms with Crippen molar-refractivity contribution in [3.05, 3.63) is 0 Å². The van der Waals surface area contributed by atoms with Crippen molar-refractivity contribution in [3.8, 4) is 0 Å². The molecule has 1 amide bonds. The number of hydrogen-bond acceptors (Lipinski definition) is 4. The molecule has 0 aliphatic rings. The Labute approximate surface area is 119 Å². The molecule has 0 saturated heterocycles. The molecule has 8 heteroatoms. The Balaban J connectivity index is 4.00. The normalized spacial score (nSPS) is 13.4. The first kappa shape index (κ1) is 17.9. The number of nitrogens with two attached hydrogens (primary N) is 3. The molecule has 19 heavy (non-hydrogen) atoms. The third-order valence-electron chi connectivity index (χ3n) is 2.43. The second kappa shape index (κ2) is 10.8. The molecule has 0 saturated carbocycles. The molecule has 7 N–H and O–H groups in total. The van der Waals surface area contributed by atoms with Gasteiger partial charge in [-0.25, -0.2) is 0 Å². The predicted molar refractivity (Wildman–Crippen MR) is 76.9 cm³/mol. The van der Waals surface area contributed by atoms with Gasteiger partial charge in [0.15, 0.2) is 0 Å². The molecule has 0 aromatic rings. The van der Waals surface area contributed by atoms with Gasteiger partial charge in [-0.15, -0.1) is 0 Å². The van der Waals surface area contributed by atoms with E-state index >= 15 is 0 Å². The van der Waals surface area contributed by atoms with Crippen molar-refractivity contribution in [2.75, 3.05) is 6.54 Å². The van der Waals surface area contributed by atoms with Gasteiger partial charge < -0.3 is 0 Å². The van der Waals surface area contributed by atoms with Crippen LogP contribution in [-0.4, -0.2) is 51.7 Å². The molecule has 0 unspecified atom stereocenters. The SMILES string of the molecule is C[Se]CC[C@H](N)C(=O)N[C@H](C=O)CCCN=C(N)N. The van der Waals surface area contributed by atoms with Crippen LogP contribution in [-0.2, 0) is 9.59 Å². The standard InChI is InChI=1S/C11H23N5O2Se/c1-19-6-4-9(12)10(18)16-8(7-17)3-2-5-15-11(13)14/h7-9H,2-6,12H2,1H3,(H,16,18)(H4,13,14,15)/t8-,9-/m0/s1. The van der Waals surface area contributed by atoms with E-state index in [1.165, 1.54) is 0 Å². The summed E-state index contributed by atoms with van der Waals surface area (Å²) in [7, 11) is 0. The first-order chi connectivity index (χ1) is 9.01. The molecular weight excluding hydrogens is 313 g/mol. The maximum atomic E-state index is 11.7. The number of nitrogens with zero attached hydrogens (tertiary/aromatic N) is 1. The summed E-state index contributed by atoms with van der Waals surface area (Å²) in [6, 6.07) is -1.07. The molecule has 0 radical (unpaired) electrons. The van der Waals surface area contributed by atoms with Gasteiger partial charge in [0.25, 0.3) is 0 Å². The van der Waals surface area contributed by atoms with Crippen LogP contribution in [0.3, 0.4) is 0 Å². The van der Waals surface area contributed by atoms with Crippen LogP contribution in [0.1, 0.15) is 19.3 Å². The first-order valence-electron chi connectivity index (χ1n) is 6.06. The zero-order chi connectivity index (χ0) is 14.7. The van der Waals surface area contributed by atoms with Gasteiger partial charge in [-0.05, 0) is 0 Å². The van der Waals surface area contributed by atoms with Gasteiger partial charge in [-0.2, -0.15) is 0 Å². The van der Waals surface area contributed by atoms with Gasteiger partial charge in [-0.1, -0.05) is 0 Å². The Bertz CT molecular complexity index is 307. The Morgan fingerprint density at radius 2 is 2.11 bits per heavy atom. The molecule has 0 aromatic carbocycles. The summed E-state index contributed by atoms with van der Waals surface area (Å²) in [6.07, 6.45) is 2.48. The minimum atomic E-state index is -0.540. The van der Waals surface area contributed by atoms with Gasteiger partial charge in [0, 0.05) is 0 Å². The summed E-state index contributed by atoms with van der Waals surface area (Å²) in [4.78, 5) is 26.4. The molecule has 110 valence electrons. The summed E-state index contributed by atoms with van der Waals surface area (Å²) < 4.78 is 0. The average Bonchev–Trinajstić information content (AvgIpc) is 2.38. The van der Waals surface area contributed by atoms with Crippen LogP contribution < -0.4 is 22.5 Å². The third kappa shape index (κ3) is 9.47. The van der Waals surface area contributed by atoms with Crippen molar-refractivity contribution in [2.45, 2.75) is 42.5 Å². The Morgan fingerprint density at radius 3 is 2.63 bits per heavy atom. The van der Waals surface area contributed by atoms with Crippen molar-refractivity contribution in [1.29, 1.82) is 0 Å². The monoisotopic (exact) mass is 337 g/mol. The zero-order valence-corrected chi connectivity index (χ0v) is 12.9. The van der Waals surface area contributed by atoms with Crippen molar-refractivity contribution in [2.24, 2.45) is 22.2 Å². The molecule has 0 spiro atoms. The first-order valence-corrected chi connectivity index (χ1v) is 8.99. The molecule has 0 rings (SSSR count). The fraction of sp³-hybridized carbons (Fsp3) is 0.727. The van der Waals surface area contributed by atoms with E-state index in [9.17, 15) is 9.59 Å². The van der Waals surface area contributed by atoms with Crippen LogP contribution in [0.5, 0.6) is 0 Å². The van der Waals surface area contributed by atoms with E-state index in [2.05, 4.69) is 16.1 Å². The molecule has 0 fully saturated rings. The Morgan fingerprint density at radius 1 is 1.42 bits per heavy atom. The average molecular weight is 336 g/mol. The van der Waals surface area contributed by atoms with Crippen molar-refractivity contribution < 1.29 is 9.59 Å². The van der Waals surface area contributed by atoms with Gasteiger partial charge >= 0.3 is 119 Å². The predicted octanol–water partition coefficient (Wildman–Crippen LogP) is -1.39. The molecular formula is C11H23N5O2Se. The number of carbonyl (C=O) groups is 2. The van der Waals surface area contributed by atoms with Gasteiger partial charge in [-0.3, -0.25) is 0 Å². The maximum absolute atomic E-state index is 11.7. The van der Waals surface area contributed by atoms with Crippen molar-refractivity contribution >= 4 is 33.1 Å². The van der Waals surface area contributed by atoms with Crippen LogP contribution in [0.25, 0.3) is 0 Å². The van der Waals surface area contributed by atoms with Gasteiger partial charge in [0.1, 0.15) is 0 Å². The van der Waals surface area contributed by atoms with Crippen LogP contribution in [0.4, 0.5) is 0 Å². The van der Waals surface area contributed by atoms with E-state index in [1.54, 1.807) is 0 Å². The van der Waals surface area contributed by atoms with E-state index in [-0.39, 0.29) is 11.9 Å². The third-order valence-corrected chi connectivity index (χ3v) is 3.78. The van der Waals surface area contributed by atoms with Crippen LogP contribution in [0.2, 0.25) is 11.1 Å². The van der Waals surface area contributed by atoms with Gasteiger partial charge in [0.05, 0.1) is 0 Å². The number of guanidine groups is 1. The van der Waals surface area contributed by atoms with Gasteiger partial charge in [0.2, 0.25) is 0 Å².